The van der Waals surface area contributed by atoms with Gasteiger partial charge in [-0.2, -0.15) is 0 Å². The van der Waals surface area contributed by atoms with Crippen LogP contribution in [0.25, 0.3) is 0 Å². The zero-order chi connectivity index (χ0) is 7.98. The highest BCUT2D eigenvalue weighted by atomic mass is 15.1. The molecule has 0 aromatic rings. The van der Waals surface area contributed by atoms with Crippen LogP contribution < -0.4 is 5.73 Å². The molecule has 1 atom stereocenters. The molecule has 0 saturated carbocycles. The molecule has 0 amide bonds. The SMILES string of the molecule is CCCCC(CN)N(C)C. The van der Waals surface area contributed by atoms with Crippen LogP contribution in [0, 0.1) is 0 Å². The van der Waals surface area contributed by atoms with Gasteiger partial charge in [-0.25, -0.2) is 0 Å². The molecule has 0 radical (unpaired) electrons. The fourth-order valence-electron chi connectivity index (χ4n) is 1.03. The van der Waals surface area contributed by atoms with Gasteiger partial charge in [0.1, 0.15) is 0 Å². The Balaban J connectivity index is 3.40. The fourth-order valence-corrected chi connectivity index (χ4v) is 1.03. The van der Waals surface area contributed by atoms with Gasteiger partial charge in [-0.3, -0.25) is 0 Å². The van der Waals surface area contributed by atoms with E-state index < -0.39 is 0 Å². The maximum Gasteiger partial charge on any atom is 0.0212 e. The molecule has 0 saturated heterocycles. The van der Waals surface area contributed by atoms with Gasteiger partial charge in [0.2, 0.25) is 0 Å². The van der Waals surface area contributed by atoms with Crippen molar-refractivity contribution in [2.24, 2.45) is 5.73 Å². The molecular formula is C8H20N2. The van der Waals surface area contributed by atoms with E-state index in [9.17, 15) is 0 Å². The molecule has 0 heterocycles. The zero-order valence-electron chi connectivity index (χ0n) is 7.43. The number of unbranched alkanes of at least 4 members (excludes halogenated alkanes) is 1. The Morgan fingerprint density at radius 2 is 2.00 bits per heavy atom. The van der Waals surface area contributed by atoms with Crippen molar-refractivity contribution in [1.82, 2.24) is 4.90 Å². The van der Waals surface area contributed by atoms with E-state index in [1.807, 2.05) is 0 Å². The van der Waals surface area contributed by atoms with Crippen molar-refractivity contribution in [2.75, 3.05) is 20.6 Å². The van der Waals surface area contributed by atoms with Crippen LogP contribution >= 0.6 is 0 Å². The van der Waals surface area contributed by atoms with Crippen molar-refractivity contribution < 1.29 is 0 Å². The molecule has 0 aliphatic heterocycles. The summed E-state index contributed by atoms with van der Waals surface area (Å²) in [6.45, 7) is 3.00. The van der Waals surface area contributed by atoms with Crippen molar-refractivity contribution in [3.63, 3.8) is 0 Å². The van der Waals surface area contributed by atoms with Crippen molar-refractivity contribution in [1.29, 1.82) is 0 Å². The molecular weight excluding hydrogens is 124 g/mol. The lowest BCUT2D eigenvalue weighted by molar-refractivity contribution is 0.279. The van der Waals surface area contributed by atoms with Crippen LogP contribution in [0.2, 0.25) is 0 Å². The third kappa shape index (κ3) is 3.85. The molecule has 0 rings (SSSR count). The first-order valence-corrected chi connectivity index (χ1v) is 4.08. The molecule has 2 nitrogen and oxygen atoms in total. The van der Waals surface area contributed by atoms with E-state index in [0.29, 0.717) is 6.04 Å². The van der Waals surface area contributed by atoms with Gasteiger partial charge in [-0.1, -0.05) is 19.8 Å². The number of rotatable bonds is 5. The lowest BCUT2D eigenvalue weighted by Crippen LogP contribution is -2.34. The fraction of sp³-hybridized carbons (Fsp3) is 1.00. The number of hydrogen-bond donors (Lipinski definition) is 1. The number of likely N-dealkylation sites (N-methyl/N-ethyl adjacent to an activating group) is 1. The van der Waals surface area contributed by atoms with Gasteiger partial charge in [0.05, 0.1) is 0 Å². The summed E-state index contributed by atoms with van der Waals surface area (Å²) in [5.41, 5.74) is 5.57. The number of nitrogens with two attached hydrogens (primary N) is 1. The summed E-state index contributed by atoms with van der Waals surface area (Å²) in [5, 5.41) is 0. The first-order valence-electron chi connectivity index (χ1n) is 4.08. The van der Waals surface area contributed by atoms with E-state index in [1.54, 1.807) is 0 Å². The summed E-state index contributed by atoms with van der Waals surface area (Å²) < 4.78 is 0. The Kier molecular flexibility index (Phi) is 5.64. The molecule has 0 spiro atoms. The molecule has 1 unspecified atom stereocenters. The summed E-state index contributed by atoms with van der Waals surface area (Å²) in [6, 6.07) is 0.583. The summed E-state index contributed by atoms with van der Waals surface area (Å²) in [7, 11) is 4.18. The first kappa shape index (κ1) is 9.92. The minimum absolute atomic E-state index is 0.583. The van der Waals surface area contributed by atoms with Gasteiger partial charge in [0.15, 0.2) is 0 Å². The van der Waals surface area contributed by atoms with Crippen LogP contribution in [0.15, 0.2) is 0 Å². The Morgan fingerprint density at radius 1 is 1.40 bits per heavy atom. The third-order valence-corrected chi connectivity index (χ3v) is 1.89. The molecule has 0 aromatic carbocycles. The zero-order valence-corrected chi connectivity index (χ0v) is 7.43. The molecule has 62 valence electrons. The van der Waals surface area contributed by atoms with Crippen LogP contribution in [0.5, 0.6) is 0 Å². The van der Waals surface area contributed by atoms with Crippen molar-refractivity contribution >= 4 is 0 Å². The average molecular weight is 144 g/mol. The molecule has 0 aromatic heterocycles. The highest BCUT2D eigenvalue weighted by Crippen LogP contribution is 2.03. The predicted octanol–water partition coefficient (Wildman–Crippen LogP) is 1.07. The topological polar surface area (TPSA) is 29.3 Å². The van der Waals surface area contributed by atoms with Gasteiger partial charge in [0, 0.05) is 12.6 Å². The monoisotopic (exact) mass is 144 g/mol. The van der Waals surface area contributed by atoms with Gasteiger partial charge in [-0.15, -0.1) is 0 Å². The summed E-state index contributed by atoms with van der Waals surface area (Å²) in [6.07, 6.45) is 3.80. The minimum atomic E-state index is 0.583. The maximum absolute atomic E-state index is 5.57. The van der Waals surface area contributed by atoms with E-state index in [2.05, 4.69) is 25.9 Å². The third-order valence-electron chi connectivity index (χ3n) is 1.89. The van der Waals surface area contributed by atoms with E-state index in [-0.39, 0.29) is 0 Å². The lowest BCUT2D eigenvalue weighted by atomic mass is 10.1. The van der Waals surface area contributed by atoms with Gasteiger partial charge < -0.3 is 10.6 Å². The Hall–Kier alpha value is -0.0800. The second-order valence-electron chi connectivity index (χ2n) is 3.00. The molecule has 2 heteroatoms. The highest BCUT2D eigenvalue weighted by Gasteiger charge is 2.06. The van der Waals surface area contributed by atoms with Crippen LogP contribution in [0.3, 0.4) is 0 Å². The maximum atomic E-state index is 5.57. The molecule has 2 N–H and O–H groups in total. The van der Waals surface area contributed by atoms with Crippen molar-refractivity contribution in [3.8, 4) is 0 Å². The van der Waals surface area contributed by atoms with Gasteiger partial charge >= 0.3 is 0 Å². The molecule has 0 bridgehead atoms. The van der Waals surface area contributed by atoms with Crippen molar-refractivity contribution in [2.45, 2.75) is 32.2 Å². The Morgan fingerprint density at radius 3 is 2.30 bits per heavy atom. The summed E-state index contributed by atoms with van der Waals surface area (Å²) >= 11 is 0. The Bertz CT molecular complexity index is 71.7. The number of hydrogen-bond acceptors (Lipinski definition) is 2. The van der Waals surface area contributed by atoms with Crippen LogP contribution in [-0.4, -0.2) is 31.6 Å². The average Bonchev–Trinajstić information content (AvgIpc) is 1.89. The minimum Gasteiger partial charge on any atom is -0.329 e. The van der Waals surface area contributed by atoms with Crippen LogP contribution in [-0.2, 0) is 0 Å². The van der Waals surface area contributed by atoms with Crippen molar-refractivity contribution in [3.05, 3.63) is 0 Å². The highest BCUT2D eigenvalue weighted by molar-refractivity contribution is 4.65. The Labute approximate surface area is 64.4 Å². The second kappa shape index (κ2) is 5.69. The molecule has 0 fully saturated rings. The quantitative estimate of drug-likeness (QED) is 0.625. The van der Waals surface area contributed by atoms with E-state index in [4.69, 9.17) is 5.73 Å². The lowest BCUT2D eigenvalue weighted by Gasteiger charge is -2.21. The summed E-state index contributed by atoms with van der Waals surface area (Å²) in [5.74, 6) is 0. The summed E-state index contributed by atoms with van der Waals surface area (Å²) in [4.78, 5) is 2.20. The van der Waals surface area contributed by atoms with Crippen LogP contribution in [0.4, 0.5) is 0 Å². The van der Waals surface area contributed by atoms with E-state index >= 15 is 0 Å². The first-order chi connectivity index (χ1) is 4.72. The molecule has 0 aliphatic rings. The molecule has 0 aliphatic carbocycles. The van der Waals surface area contributed by atoms with Gasteiger partial charge in [0.25, 0.3) is 0 Å². The number of nitrogens with zero attached hydrogens (tertiary/aromatic N) is 1. The van der Waals surface area contributed by atoms with Crippen LogP contribution in [0.1, 0.15) is 26.2 Å². The van der Waals surface area contributed by atoms with E-state index in [0.717, 1.165) is 6.54 Å². The smallest absolute Gasteiger partial charge is 0.0212 e. The second-order valence-corrected chi connectivity index (χ2v) is 3.00. The van der Waals surface area contributed by atoms with Gasteiger partial charge in [-0.05, 0) is 20.5 Å². The molecule has 10 heavy (non-hydrogen) atoms. The predicted molar refractivity (Wildman–Crippen MR) is 46.1 cm³/mol. The standard InChI is InChI=1S/C8H20N2/c1-4-5-6-8(7-9)10(2)3/h8H,4-7,9H2,1-3H3. The normalized spacial score (nSPS) is 14.1. The largest absolute Gasteiger partial charge is 0.329 e. The van der Waals surface area contributed by atoms with E-state index in [1.165, 1.54) is 19.3 Å².